The van der Waals surface area contributed by atoms with Gasteiger partial charge in [0.25, 0.3) is 0 Å². The van der Waals surface area contributed by atoms with Crippen molar-refractivity contribution in [2.24, 2.45) is 0 Å². The Bertz CT molecular complexity index is 435. The minimum atomic E-state index is -0.0751. The number of hydrogen-bond acceptors (Lipinski definition) is 2. The molecule has 1 aromatic rings. The second-order valence-electron chi connectivity index (χ2n) is 6.17. The topological polar surface area (TPSA) is 15.3 Å². The largest absolute Gasteiger partial charge is 0.309 e. The fourth-order valence-electron chi connectivity index (χ4n) is 2.99. The van der Waals surface area contributed by atoms with Gasteiger partial charge in [-0.25, -0.2) is 4.39 Å². The third-order valence-corrected chi connectivity index (χ3v) is 4.71. The van der Waals surface area contributed by atoms with E-state index >= 15 is 0 Å². The second-order valence-corrected chi connectivity index (χ2v) is 6.17. The SMILES string of the molecule is CCC1CNC(C)(CC)CN1CCc1ccccc1F. The van der Waals surface area contributed by atoms with E-state index in [4.69, 9.17) is 0 Å². The maximum atomic E-state index is 13.7. The molecule has 1 N–H and O–H groups in total. The molecule has 1 fully saturated rings. The van der Waals surface area contributed by atoms with Crippen LogP contribution in [0.2, 0.25) is 0 Å². The summed E-state index contributed by atoms with van der Waals surface area (Å²) in [6.07, 6.45) is 3.06. The molecule has 1 aromatic carbocycles. The zero-order valence-corrected chi connectivity index (χ0v) is 13.0. The molecule has 2 atom stereocenters. The van der Waals surface area contributed by atoms with Crippen LogP contribution < -0.4 is 5.32 Å². The van der Waals surface area contributed by atoms with Crippen molar-refractivity contribution in [2.45, 2.75) is 51.6 Å². The molecule has 0 spiro atoms. The van der Waals surface area contributed by atoms with Gasteiger partial charge in [-0.15, -0.1) is 0 Å². The van der Waals surface area contributed by atoms with Crippen molar-refractivity contribution >= 4 is 0 Å². The molecule has 3 heteroatoms. The standard InChI is InChI=1S/C17H27FN2/c1-4-15-12-19-17(3,5-2)13-20(15)11-10-14-8-6-7-9-16(14)18/h6-9,15,19H,4-5,10-13H2,1-3H3. The highest BCUT2D eigenvalue weighted by Gasteiger charge is 2.33. The van der Waals surface area contributed by atoms with Crippen molar-refractivity contribution in [3.8, 4) is 0 Å². The molecule has 0 saturated carbocycles. The first-order valence-corrected chi connectivity index (χ1v) is 7.80. The lowest BCUT2D eigenvalue weighted by molar-refractivity contribution is 0.0830. The lowest BCUT2D eigenvalue weighted by atomic mass is 9.92. The molecule has 2 rings (SSSR count). The van der Waals surface area contributed by atoms with Crippen LogP contribution in [0, 0.1) is 5.82 Å². The molecule has 2 nitrogen and oxygen atoms in total. The molecule has 1 aliphatic heterocycles. The van der Waals surface area contributed by atoms with E-state index in [0.29, 0.717) is 6.04 Å². The van der Waals surface area contributed by atoms with E-state index in [-0.39, 0.29) is 11.4 Å². The van der Waals surface area contributed by atoms with E-state index in [1.807, 2.05) is 12.1 Å². The summed E-state index contributed by atoms with van der Waals surface area (Å²) in [5, 5.41) is 3.67. The van der Waals surface area contributed by atoms with Gasteiger partial charge in [0.2, 0.25) is 0 Å². The van der Waals surface area contributed by atoms with Gasteiger partial charge in [-0.2, -0.15) is 0 Å². The average Bonchev–Trinajstić information content (AvgIpc) is 2.47. The normalized spacial score (nSPS) is 27.7. The fraction of sp³-hybridized carbons (Fsp3) is 0.647. The summed E-state index contributed by atoms with van der Waals surface area (Å²) in [5.74, 6) is -0.0751. The lowest BCUT2D eigenvalue weighted by Crippen LogP contribution is -2.62. The van der Waals surface area contributed by atoms with Crippen LogP contribution in [0.25, 0.3) is 0 Å². The highest BCUT2D eigenvalue weighted by atomic mass is 19.1. The van der Waals surface area contributed by atoms with Gasteiger partial charge in [-0.05, 0) is 37.8 Å². The van der Waals surface area contributed by atoms with Crippen LogP contribution in [0.3, 0.4) is 0 Å². The van der Waals surface area contributed by atoms with E-state index in [1.54, 1.807) is 12.1 Å². The molecule has 0 amide bonds. The summed E-state index contributed by atoms with van der Waals surface area (Å²) in [6.45, 7) is 9.78. The first-order chi connectivity index (χ1) is 9.58. The number of benzene rings is 1. The fourth-order valence-corrected chi connectivity index (χ4v) is 2.99. The van der Waals surface area contributed by atoms with Crippen LogP contribution in [0.4, 0.5) is 4.39 Å². The van der Waals surface area contributed by atoms with Gasteiger partial charge in [0.1, 0.15) is 5.82 Å². The zero-order valence-electron chi connectivity index (χ0n) is 13.0. The monoisotopic (exact) mass is 278 g/mol. The van der Waals surface area contributed by atoms with Crippen molar-refractivity contribution in [3.05, 3.63) is 35.6 Å². The Kier molecular flexibility index (Phi) is 5.17. The number of piperazine rings is 1. The average molecular weight is 278 g/mol. The van der Waals surface area contributed by atoms with E-state index in [1.165, 1.54) is 0 Å². The van der Waals surface area contributed by atoms with E-state index in [2.05, 4.69) is 31.0 Å². The van der Waals surface area contributed by atoms with Gasteiger partial charge in [-0.1, -0.05) is 32.0 Å². The maximum absolute atomic E-state index is 13.7. The molecule has 1 heterocycles. The zero-order chi connectivity index (χ0) is 14.6. The Balaban J connectivity index is 2.00. The first kappa shape index (κ1) is 15.5. The quantitative estimate of drug-likeness (QED) is 0.889. The smallest absolute Gasteiger partial charge is 0.126 e. The third kappa shape index (κ3) is 3.58. The van der Waals surface area contributed by atoms with Gasteiger partial charge in [-0.3, -0.25) is 4.90 Å². The maximum Gasteiger partial charge on any atom is 0.126 e. The highest BCUT2D eigenvalue weighted by molar-refractivity contribution is 5.17. The summed E-state index contributed by atoms with van der Waals surface area (Å²) in [7, 11) is 0. The van der Waals surface area contributed by atoms with Gasteiger partial charge in [0, 0.05) is 31.2 Å². The number of nitrogens with one attached hydrogen (secondary N) is 1. The Morgan fingerprint density at radius 3 is 2.75 bits per heavy atom. The van der Waals surface area contributed by atoms with E-state index < -0.39 is 0 Å². The van der Waals surface area contributed by atoms with Crippen molar-refractivity contribution < 1.29 is 4.39 Å². The Hall–Kier alpha value is -0.930. The number of halogens is 1. The van der Waals surface area contributed by atoms with Crippen molar-refractivity contribution in [1.29, 1.82) is 0 Å². The Morgan fingerprint density at radius 1 is 1.35 bits per heavy atom. The molecule has 0 aromatic heterocycles. The summed E-state index contributed by atoms with van der Waals surface area (Å²) in [6, 6.07) is 7.70. The van der Waals surface area contributed by atoms with Crippen LogP contribution in [-0.2, 0) is 6.42 Å². The first-order valence-electron chi connectivity index (χ1n) is 7.80. The number of nitrogens with zero attached hydrogens (tertiary/aromatic N) is 1. The summed E-state index contributed by atoms with van der Waals surface area (Å²) in [4.78, 5) is 2.53. The van der Waals surface area contributed by atoms with Gasteiger partial charge < -0.3 is 5.32 Å². The van der Waals surface area contributed by atoms with Gasteiger partial charge in [0.05, 0.1) is 0 Å². The van der Waals surface area contributed by atoms with Gasteiger partial charge >= 0.3 is 0 Å². The Labute approximate surface area is 122 Å². The van der Waals surface area contributed by atoms with Crippen LogP contribution in [0.5, 0.6) is 0 Å². The molecule has 20 heavy (non-hydrogen) atoms. The van der Waals surface area contributed by atoms with Crippen molar-refractivity contribution in [2.75, 3.05) is 19.6 Å². The summed E-state index contributed by atoms with van der Waals surface area (Å²) >= 11 is 0. The van der Waals surface area contributed by atoms with Crippen LogP contribution in [-0.4, -0.2) is 36.1 Å². The summed E-state index contributed by atoms with van der Waals surface area (Å²) < 4.78 is 13.7. The van der Waals surface area contributed by atoms with Crippen molar-refractivity contribution in [3.63, 3.8) is 0 Å². The van der Waals surface area contributed by atoms with Crippen LogP contribution in [0.15, 0.2) is 24.3 Å². The predicted molar refractivity (Wildman–Crippen MR) is 82.5 cm³/mol. The highest BCUT2D eigenvalue weighted by Crippen LogP contribution is 2.21. The van der Waals surface area contributed by atoms with Crippen LogP contribution >= 0.6 is 0 Å². The molecule has 1 saturated heterocycles. The van der Waals surface area contributed by atoms with E-state index in [0.717, 1.165) is 44.5 Å². The molecule has 112 valence electrons. The molecule has 0 bridgehead atoms. The number of hydrogen-bond donors (Lipinski definition) is 1. The number of rotatable bonds is 5. The molecular formula is C17H27FN2. The Morgan fingerprint density at radius 2 is 2.10 bits per heavy atom. The molecule has 2 unspecified atom stereocenters. The summed E-state index contributed by atoms with van der Waals surface area (Å²) in [5.41, 5.74) is 1.03. The predicted octanol–water partition coefficient (Wildman–Crippen LogP) is 3.22. The van der Waals surface area contributed by atoms with Gasteiger partial charge in [0.15, 0.2) is 0 Å². The minimum absolute atomic E-state index is 0.0751. The lowest BCUT2D eigenvalue weighted by Gasteiger charge is -2.46. The van der Waals surface area contributed by atoms with Crippen molar-refractivity contribution in [1.82, 2.24) is 10.2 Å². The molecular weight excluding hydrogens is 251 g/mol. The third-order valence-electron chi connectivity index (χ3n) is 4.71. The van der Waals surface area contributed by atoms with Crippen LogP contribution in [0.1, 0.15) is 39.2 Å². The second kappa shape index (κ2) is 6.68. The van der Waals surface area contributed by atoms with E-state index in [9.17, 15) is 4.39 Å². The molecule has 0 aliphatic carbocycles. The molecule has 0 radical (unpaired) electrons. The minimum Gasteiger partial charge on any atom is -0.309 e. The molecule has 1 aliphatic rings.